The Bertz CT molecular complexity index is 343. The van der Waals surface area contributed by atoms with Gasteiger partial charge < -0.3 is 9.64 Å². The second-order valence-corrected chi connectivity index (χ2v) is 9.53. The number of hydrogen-bond acceptors (Lipinski definition) is 3. The van der Waals surface area contributed by atoms with Crippen molar-refractivity contribution in [3.05, 3.63) is 0 Å². The van der Waals surface area contributed by atoms with Gasteiger partial charge in [0.1, 0.15) is 0 Å². The molecule has 3 nitrogen and oxygen atoms in total. The number of esters is 1. The molecule has 0 aliphatic heterocycles. The second-order valence-electron chi connectivity index (χ2n) is 9.53. The van der Waals surface area contributed by atoms with Gasteiger partial charge in [0.2, 0.25) is 0 Å². The molecule has 0 aliphatic rings. The molecule has 186 valence electrons. The van der Waals surface area contributed by atoms with E-state index in [9.17, 15) is 4.79 Å². The third-order valence-corrected chi connectivity index (χ3v) is 6.49. The van der Waals surface area contributed by atoms with Gasteiger partial charge >= 0.3 is 5.97 Å². The van der Waals surface area contributed by atoms with Crippen LogP contribution in [-0.4, -0.2) is 37.6 Å². The lowest BCUT2D eigenvalue weighted by atomic mass is 10.1. The molecule has 0 saturated carbocycles. The molecule has 0 rings (SSSR count). The van der Waals surface area contributed by atoms with Crippen LogP contribution in [-0.2, 0) is 9.53 Å². The SMILES string of the molecule is CCCCCCCCN(CCCCCCCC)CCCCCCCCCCC(=O)OC. The summed E-state index contributed by atoms with van der Waals surface area (Å²) in [5.41, 5.74) is 0. The van der Waals surface area contributed by atoms with Gasteiger partial charge in [0, 0.05) is 6.42 Å². The smallest absolute Gasteiger partial charge is 0.305 e. The number of carbonyl (C=O) groups excluding carboxylic acids is 1. The zero-order valence-electron chi connectivity index (χ0n) is 21.7. The van der Waals surface area contributed by atoms with Crippen molar-refractivity contribution >= 4 is 5.97 Å². The summed E-state index contributed by atoms with van der Waals surface area (Å²) >= 11 is 0. The third kappa shape index (κ3) is 23.9. The van der Waals surface area contributed by atoms with Crippen LogP contribution in [0.2, 0.25) is 0 Å². The van der Waals surface area contributed by atoms with E-state index in [1.54, 1.807) is 0 Å². The topological polar surface area (TPSA) is 29.5 Å². The van der Waals surface area contributed by atoms with Gasteiger partial charge in [-0.05, 0) is 45.3 Å². The molecule has 0 aromatic rings. The van der Waals surface area contributed by atoms with E-state index in [1.165, 1.54) is 149 Å². The maximum Gasteiger partial charge on any atom is 0.305 e. The molecule has 3 heteroatoms. The molecule has 0 atom stereocenters. The highest BCUT2D eigenvalue weighted by Gasteiger charge is 2.05. The van der Waals surface area contributed by atoms with Crippen LogP contribution in [0, 0.1) is 0 Å². The summed E-state index contributed by atoms with van der Waals surface area (Å²) in [6, 6.07) is 0. The van der Waals surface area contributed by atoms with Crippen LogP contribution in [0.5, 0.6) is 0 Å². The maximum absolute atomic E-state index is 11.1. The minimum atomic E-state index is -0.0635. The van der Waals surface area contributed by atoms with Gasteiger partial charge in [-0.25, -0.2) is 0 Å². The summed E-state index contributed by atoms with van der Waals surface area (Å²) in [5, 5.41) is 0. The Balaban J connectivity index is 3.76. The van der Waals surface area contributed by atoms with Gasteiger partial charge in [-0.1, -0.05) is 117 Å². The number of rotatable bonds is 25. The highest BCUT2D eigenvalue weighted by molar-refractivity contribution is 5.68. The Labute approximate surface area is 196 Å². The van der Waals surface area contributed by atoms with Crippen molar-refractivity contribution in [3.63, 3.8) is 0 Å². The van der Waals surface area contributed by atoms with E-state index < -0.39 is 0 Å². The van der Waals surface area contributed by atoms with E-state index >= 15 is 0 Å². The maximum atomic E-state index is 11.1. The molecule has 0 aromatic carbocycles. The first kappa shape index (κ1) is 30.4. The first-order valence-corrected chi connectivity index (χ1v) is 14.0. The quantitative estimate of drug-likeness (QED) is 0.105. The molecular formula is C28H57NO2. The molecular weight excluding hydrogens is 382 g/mol. The van der Waals surface area contributed by atoms with Crippen LogP contribution in [0.1, 0.15) is 149 Å². The summed E-state index contributed by atoms with van der Waals surface area (Å²) < 4.78 is 4.69. The Hall–Kier alpha value is -0.570. The fourth-order valence-electron chi connectivity index (χ4n) is 4.33. The minimum absolute atomic E-state index is 0.0635. The van der Waals surface area contributed by atoms with E-state index in [0.717, 1.165) is 6.42 Å². The van der Waals surface area contributed by atoms with E-state index in [4.69, 9.17) is 4.74 Å². The summed E-state index contributed by atoms with van der Waals surface area (Å²) in [7, 11) is 1.48. The number of ether oxygens (including phenoxy) is 1. The second kappa shape index (κ2) is 25.7. The Morgan fingerprint density at radius 3 is 1.19 bits per heavy atom. The van der Waals surface area contributed by atoms with E-state index in [1.807, 2.05) is 0 Å². The van der Waals surface area contributed by atoms with Crippen molar-refractivity contribution in [1.29, 1.82) is 0 Å². The summed E-state index contributed by atoms with van der Waals surface area (Å²) in [6.07, 6.45) is 27.6. The number of hydrogen-bond donors (Lipinski definition) is 0. The average Bonchev–Trinajstić information content (AvgIpc) is 2.78. The first-order valence-electron chi connectivity index (χ1n) is 14.0. The molecule has 0 amide bonds. The number of nitrogens with zero attached hydrogens (tertiary/aromatic N) is 1. The first-order chi connectivity index (χ1) is 15.2. The van der Waals surface area contributed by atoms with E-state index in [-0.39, 0.29) is 5.97 Å². The molecule has 0 radical (unpaired) electrons. The van der Waals surface area contributed by atoms with Gasteiger partial charge in [-0.15, -0.1) is 0 Å². The number of carbonyl (C=O) groups is 1. The lowest BCUT2D eigenvalue weighted by Gasteiger charge is -2.22. The molecule has 0 N–H and O–H groups in total. The van der Waals surface area contributed by atoms with Gasteiger partial charge in [0.25, 0.3) is 0 Å². The average molecular weight is 440 g/mol. The molecule has 0 aromatic heterocycles. The predicted molar refractivity (Wildman–Crippen MR) is 137 cm³/mol. The van der Waals surface area contributed by atoms with E-state index in [0.29, 0.717) is 6.42 Å². The molecule has 0 bridgehead atoms. The van der Waals surface area contributed by atoms with Crippen LogP contribution in [0.15, 0.2) is 0 Å². The molecule has 0 spiro atoms. The lowest BCUT2D eigenvalue weighted by molar-refractivity contribution is -0.140. The van der Waals surface area contributed by atoms with Crippen molar-refractivity contribution in [3.8, 4) is 0 Å². The number of methoxy groups -OCH3 is 1. The highest BCUT2D eigenvalue weighted by Crippen LogP contribution is 2.12. The highest BCUT2D eigenvalue weighted by atomic mass is 16.5. The summed E-state index contributed by atoms with van der Waals surface area (Å²) in [5.74, 6) is -0.0635. The number of unbranched alkanes of at least 4 members (excludes halogenated alkanes) is 17. The fourth-order valence-corrected chi connectivity index (χ4v) is 4.33. The lowest BCUT2D eigenvalue weighted by Crippen LogP contribution is -2.27. The van der Waals surface area contributed by atoms with Crippen molar-refractivity contribution in [2.75, 3.05) is 26.7 Å². The van der Waals surface area contributed by atoms with Gasteiger partial charge in [-0.2, -0.15) is 0 Å². The Morgan fingerprint density at radius 2 is 0.839 bits per heavy atom. The van der Waals surface area contributed by atoms with Gasteiger partial charge in [-0.3, -0.25) is 4.79 Å². The van der Waals surface area contributed by atoms with Crippen molar-refractivity contribution in [2.24, 2.45) is 0 Å². The predicted octanol–water partition coefficient (Wildman–Crippen LogP) is 8.69. The normalized spacial score (nSPS) is 11.4. The zero-order valence-corrected chi connectivity index (χ0v) is 21.7. The van der Waals surface area contributed by atoms with Gasteiger partial charge in [0.15, 0.2) is 0 Å². The van der Waals surface area contributed by atoms with E-state index in [2.05, 4.69) is 18.7 Å². The zero-order chi connectivity index (χ0) is 22.8. The molecule has 31 heavy (non-hydrogen) atoms. The van der Waals surface area contributed by atoms with Crippen LogP contribution in [0.3, 0.4) is 0 Å². The van der Waals surface area contributed by atoms with Crippen LogP contribution in [0.4, 0.5) is 0 Å². The Morgan fingerprint density at radius 1 is 0.516 bits per heavy atom. The van der Waals surface area contributed by atoms with Gasteiger partial charge in [0.05, 0.1) is 7.11 Å². The molecule has 0 unspecified atom stereocenters. The molecule has 0 saturated heterocycles. The molecule has 0 fully saturated rings. The monoisotopic (exact) mass is 439 g/mol. The molecule has 0 heterocycles. The minimum Gasteiger partial charge on any atom is -0.469 e. The fraction of sp³-hybridized carbons (Fsp3) is 0.964. The largest absolute Gasteiger partial charge is 0.469 e. The van der Waals surface area contributed by atoms with Crippen molar-refractivity contribution < 1.29 is 9.53 Å². The van der Waals surface area contributed by atoms with Crippen molar-refractivity contribution in [1.82, 2.24) is 4.90 Å². The molecule has 0 aliphatic carbocycles. The Kier molecular flexibility index (Phi) is 25.2. The summed E-state index contributed by atoms with van der Waals surface area (Å²) in [6.45, 7) is 8.55. The van der Waals surface area contributed by atoms with Crippen molar-refractivity contribution in [2.45, 2.75) is 149 Å². The third-order valence-electron chi connectivity index (χ3n) is 6.49. The van der Waals surface area contributed by atoms with Crippen LogP contribution >= 0.6 is 0 Å². The summed E-state index contributed by atoms with van der Waals surface area (Å²) in [4.78, 5) is 13.9. The standard InChI is InChI=1S/C28H57NO2/c1-4-6-8-10-17-21-25-29(26-22-18-11-9-7-5-2)27-23-19-15-13-12-14-16-20-24-28(30)31-3/h4-27H2,1-3H3. The van der Waals surface area contributed by atoms with Crippen LogP contribution < -0.4 is 0 Å². The van der Waals surface area contributed by atoms with Crippen LogP contribution in [0.25, 0.3) is 0 Å².